The van der Waals surface area contributed by atoms with Crippen LogP contribution in [0, 0.1) is 6.92 Å². The van der Waals surface area contributed by atoms with Gasteiger partial charge in [-0.3, -0.25) is 9.36 Å². The van der Waals surface area contributed by atoms with Crippen molar-refractivity contribution in [3.63, 3.8) is 0 Å². The topological polar surface area (TPSA) is 46.9 Å². The fourth-order valence-corrected chi connectivity index (χ4v) is 4.85. The van der Waals surface area contributed by atoms with Crippen LogP contribution in [0.1, 0.15) is 49.2 Å². The second-order valence-electron chi connectivity index (χ2n) is 8.62. The molecule has 2 aromatic carbocycles. The number of piperidine rings is 1. The lowest BCUT2D eigenvalue weighted by molar-refractivity contribution is 0.115. The van der Waals surface area contributed by atoms with Crippen molar-refractivity contribution in [2.45, 2.75) is 44.7 Å². The van der Waals surface area contributed by atoms with Crippen molar-refractivity contribution >= 4 is 10.9 Å². The lowest BCUT2D eigenvalue weighted by atomic mass is 9.82. The number of benzene rings is 2. The fourth-order valence-electron chi connectivity index (χ4n) is 4.85. The number of alkyl halides is 1. The Morgan fingerprint density at radius 1 is 1.14 bits per heavy atom. The zero-order chi connectivity index (χ0) is 19.7. The summed E-state index contributed by atoms with van der Waals surface area (Å²) in [6, 6.07) is 11.8. The molecule has 2 aliphatic rings. The number of aryl methyl sites for hydroxylation is 1. The number of halogens is 1. The van der Waals surface area contributed by atoms with E-state index in [0.717, 1.165) is 33.7 Å². The Bertz CT molecular complexity index is 1170. The van der Waals surface area contributed by atoms with Crippen LogP contribution in [0.25, 0.3) is 16.6 Å². The summed E-state index contributed by atoms with van der Waals surface area (Å²) in [6.45, 7) is 7.46. The molecule has 5 rings (SSSR count). The second-order valence-corrected chi connectivity index (χ2v) is 8.62. The molecule has 1 aromatic heterocycles. The lowest BCUT2D eigenvalue weighted by Gasteiger charge is -2.31. The Morgan fingerprint density at radius 2 is 1.89 bits per heavy atom. The third-order valence-electron chi connectivity index (χ3n) is 6.51. The zero-order valence-corrected chi connectivity index (χ0v) is 16.5. The predicted octanol–water partition coefficient (Wildman–Crippen LogP) is 3.88. The molecule has 0 aliphatic carbocycles. The first-order valence-corrected chi connectivity index (χ1v) is 9.91. The van der Waals surface area contributed by atoms with E-state index in [1.807, 2.05) is 43.3 Å². The van der Waals surface area contributed by atoms with Crippen LogP contribution in [0.4, 0.5) is 4.39 Å². The van der Waals surface area contributed by atoms with Gasteiger partial charge in [0, 0.05) is 0 Å². The number of nitrogens with zero attached hydrogens (tertiary/aromatic N) is 2. The molecule has 144 valence electrons. The highest BCUT2D eigenvalue weighted by molar-refractivity contribution is 5.85. The molecule has 0 atom stereocenters. The van der Waals surface area contributed by atoms with Crippen LogP contribution < -0.4 is 10.9 Å². The van der Waals surface area contributed by atoms with Gasteiger partial charge in [-0.25, -0.2) is 4.39 Å². The summed E-state index contributed by atoms with van der Waals surface area (Å²) >= 11 is 0. The lowest BCUT2D eigenvalue weighted by Crippen LogP contribution is -2.36. The van der Waals surface area contributed by atoms with Crippen LogP contribution in [0.3, 0.4) is 0 Å². The van der Waals surface area contributed by atoms with E-state index in [0.29, 0.717) is 31.3 Å². The Kier molecular flexibility index (Phi) is 3.60. The SMILES string of the molecule is Cc1cccc2c1c(=O)nc1n2-c2cc(C3(F)CCNCC3)ccc2C1(C)C. The van der Waals surface area contributed by atoms with E-state index in [1.54, 1.807) is 0 Å². The first-order chi connectivity index (χ1) is 13.3. The van der Waals surface area contributed by atoms with Gasteiger partial charge in [0.1, 0.15) is 11.5 Å². The molecule has 28 heavy (non-hydrogen) atoms. The molecule has 0 amide bonds. The van der Waals surface area contributed by atoms with Crippen molar-refractivity contribution in [1.29, 1.82) is 0 Å². The van der Waals surface area contributed by atoms with E-state index in [1.165, 1.54) is 0 Å². The average molecular weight is 377 g/mol. The number of fused-ring (bicyclic) bond motifs is 5. The highest BCUT2D eigenvalue weighted by Crippen LogP contribution is 2.45. The van der Waals surface area contributed by atoms with Gasteiger partial charge in [-0.05, 0) is 75.5 Å². The minimum atomic E-state index is -1.31. The first-order valence-electron chi connectivity index (χ1n) is 9.91. The summed E-state index contributed by atoms with van der Waals surface area (Å²) in [7, 11) is 0. The molecule has 0 unspecified atom stereocenters. The summed E-state index contributed by atoms with van der Waals surface area (Å²) in [6.07, 6.45) is 0.953. The fraction of sp³-hybridized carbons (Fsp3) is 0.391. The van der Waals surface area contributed by atoms with Crippen LogP contribution in [0.2, 0.25) is 0 Å². The van der Waals surface area contributed by atoms with Gasteiger partial charge in [0.25, 0.3) is 5.56 Å². The standard InChI is InChI=1S/C23H24FN3O/c1-14-5-4-6-17-19(14)20(28)26-21-22(2,3)16-8-7-15(13-18(16)27(17)21)23(24)9-11-25-12-10-23/h4-8,13,25H,9-12H2,1-3H3. The van der Waals surface area contributed by atoms with Crippen LogP contribution in [0.15, 0.2) is 41.2 Å². The average Bonchev–Trinajstić information content (AvgIpc) is 2.89. The van der Waals surface area contributed by atoms with Gasteiger partial charge in [0.2, 0.25) is 0 Å². The van der Waals surface area contributed by atoms with Crippen LogP contribution in [-0.2, 0) is 11.1 Å². The number of aromatic nitrogens is 2. The molecule has 2 aliphatic heterocycles. The monoisotopic (exact) mass is 377 g/mol. The highest BCUT2D eigenvalue weighted by Gasteiger charge is 2.41. The molecule has 1 saturated heterocycles. The minimum absolute atomic E-state index is 0.194. The van der Waals surface area contributed by atoms with Crippen molar-refractivity contribution in [3.05, 3.63) is 69.3 Å². The van der Waals surface area contributed by atoms with E-state index in [4.69, 9.17) is 0 Å². The predicted molar refractivity (Wildman–Crippen MR) is 109 cm³/mol. The van der Waals surface area contributed by atoms with Crippen molar-refractivity contribution < 1.29 is 4.39 Å². The summed E-state index contributed by atoms with van der Waals surface area (Å²) in [4.78, 5) is 17.2. The number of nitrogens with one attached hydrogen (secondary N) is 1. The number of hydrogen-bond acceptors (Lipinski definition) is 3. The van der Waals surface area contributed by atoms with Crippen LogP contribution >= 0.6 is 0 Å². The normalized spacial score (nSPS) is 19.4. The molecule has 3 aromatic rings. The quantitative estimate of drug-likeness (QED) is 0.700. The van der Waals surface area contributed by atoms with E-state index in [-0.39, 0.29) is 5.56 Å². The van der Waals surface area contributed by atoms with Gasteiger partial charge in [0.05, 0.1) is 22.0 Å². The van der Waals surface area contributed by atoms with E-state index in [2.05, 4.69) is 28.7 Å². The maximum Gasteiger partial charge on any atom is 0.281 e. The van der Waals surface area contributed by atoms with Crippen molar-refractivity contribution in [3.8, 4) is 5.69 Å². The maximum atomic E-state index is 15.7. The van der Waals surface area contributed by atoms with Gasteiger partial charge in [-0.15, -0.1) is 0 Å². The molecule has 0 spiro atoms. The van der Waals surface area contributed by atoms with Gasteiger partial charge in [-0.2, -0.15) is 4.98 Å². The summed E-state index contributed by atoms with van der Waals surface area (Å²) in [5.41, 5.74) is 2.57. The second kappa shape index (κ2) is 5.74. The zero-order valence-electron chi connectivity index (χ0n) is 16.5. The van der Waals surface area contributed by atoms with Gasteiger partial charge in [-0.1, -0.05) is 24.3 Å². The Morgan fingerprint density at radius 3 is 2.64 bits per heavy atom. The third-order valence-corrected chi connectivity index (χ3v) is 6.51. The van der Waals surface area contributed by atoms with Crippen molar-refractivity contribution in [2.24, 2.45) is 0 Å². The first kappa shape index (κ1) is 17.6. The maximum absolute atomic E-state index is 15.7. The molecule has 1 N–H and O–H groups in total. The molecular weight excluding hydrogens is 353 g/mol. The molecule has 3 heterocycles. The molecule has 0 radical (unpaired) electrons. The summed E-state index contributed by atoms with van der Waals surface area (Å²) < 4.78 is 17.7. The number of hydrogen-bond donors (Lipinski definition) is 1. The Balaban J connectivity index is 1.83. The van der Waals surface area contributed by atoms with Crippen molar-refractivity contribution in [1.82, 2.24) is 14.9 Å². The molecular formula is C23H24FN3O. The molecule has 0 saturated carbocycles. The smallest absolute Gasteiger partial charge is 0.281 e. The molecule has 4 nitrogen and oxygen atoms in total. The van der Waals surface area contributed by atoms with E-state index in [9.17, 15) is 4.79 Å². The third kappa shape index (κ3) is 2.26. The Hall–Kier alpha value is -2.53. The molecule has 1 fully saturated rings. The van der Waals surface area contributed by atoms with Gasteiger partial charge < -0.3 is 5.32 Å². The minimum Gasteiger partial charge on any atom is -0.316 e. The largest absolute Gasteiger partial charge is 0.316 e. The highest BCUT2D eigenvalue weighted by atomic mass is 19.1. The van der Waals surface area contributed by atoms with E-state index >= 15 is 4.39 Å². The van der Waals surface area contributed by atoms with Gasteiger partial charge in [0.15, 0.2) is 0 Å². The summed E-state index contributed by atoms with van der Waals surface area (Å²) in [5, 5.41) is 3.87. The van der Waals surface area contributed by atoms with Gasteiger partial charge >= 0.3 is 0 Å². The van der Waals surface area contributed by atoms with Crippen molar-refractivity contribution in [2.75, 3.05) is 13.1 Å². The number of rotatable bonds is 1. The Labute approximate surface area is 163 Å². The molecule has 5 heteroatoms. The summed E-state index contributed by atoms with van der Waals surface area (Å²) in [5.74, 6) is 0.723. The van der Waals surface area contributed by atoms with Crippen LogP contribution in [-0.4, -0.2) is 22.6 Å². The van der Waals surface area contributed by atoms with E-state index < -0.39 is 11.1 Å². The molecule has 0 bridgehead atoms. The van der Waals surface area contributed by atoms with Crippen LogP contribution in [0.5, 0.6) is 0 Å².